The van der Waals surface area contributed by atoms with Gasteiger partial charge in [0.1, 0.15) is 34.2 Å². The molecule has 6 amide bonds. The first-order valence-corrected chi connectivity index (χ1v) is 19.5. The first-order chi connectivity index (χ1) is 28.0. The zero-order valence-electron chi connectivity index (χ0n) is 37.1. The number of guanidine groups is 1. The van der Waals surface area contributed by atoms with Crippen LogP contribution in [0.3, 0.4) is 0 Å². The summed E-state index contributed by atoms with van der Waals surface area (Å²) < 4.78 is 26.9. The molecule has 0 heterocycles. The Labute approximate surface area is 356 Å². The molecule has 0 aliphatic heterocycles. The van der Waals surface area contributed by atoms with Crippen LogP contribution in [0.2, 0.25) is 0 Å². The highest BCUT2D eigenvalue weighted by molar-refractivity contribution is 6.15. The molecular formula is C42H61N7O12. The molecule has 2 aromatic rings. The highest BCUT2D eigenvalue weighted by Gasteiger charge is 2.30. The molecule has 19 nitrogen and oxygen atoms in total. The first kappa shape index (κ1) is 50.7. The first-order valence-electron chi connectivity index (χ1n) is 19.5. The number of carbonyl (C=O) groups excluding carboxylic acids is 7. The third-order valence-corrected chi connectivity index (χ3v) is 7.00. The van der Waals surface area contributed by atoms with Crippen molar-refractivity contribution >= 4 is 59.3 Å². The maximum Gasteiger partial charge on any atom is 0.437 e. The fourth-order valence-electron chi connectivity index (χ4n) is 4.75. The minimum absolute atomic E-state index is 0.00237. The van der Waals surface area contributed by atoms with E-state index < -0.39 is 89.3 Å². The number of aliphatic imine (C=N–C) groups is 1. The van der Waals surface area contributed by atoms with E-state index in [1.54, 1.807) is 107 Å². The van der Waals surface area contributed by atoms with Gasteiger partial charge in [-0.3, -0.25) is 19.2 Å². The number of benzene rings is 2. The lowest BCUT2D eigenvalue weighted by atomic mass is 10.1. The van der Waals surface area contributed by atoms with Crippen LogP contribution >= 0.6 is 0 Å². The lowest BCUT2D eigenvalue weighted by molar-refractivity contribution is -0.156. The van der Waals surface area contributed by atoms with Crippen LogP contribution in [0.5, 0.6) is 5.75 Å². The molecule has 61 heavy (non-hydrogen) atoms. The Hall–Kier alpha value is -6.40. The number of ether oxygens (including phenoxy) is 5. The molecule has 2 aromatic carbocycles. The summed E-state index contributed by atoms with van der Waals surface area (Å²) in [5.74, 6) is -3.19. The Kier molecular flexibility index (Phi) is 18.1. The highest BCUT2D eigenvalue weighted by atomic mass is 16.6. The summed E-state index contributed by atoms with van der Waals surface area (Å²) in [6, 6.07) is 10.4. The number of esters is 1. The van der Waals surface area contributed by atoms with Crippen molar-refractivity contribution in [1.29, 1.82) is 0 Å². The van der Waals surface area contributed by atoms with E-state index in [2.05, 4.69) is 26.3 Å². The molecule has 6 N–H and O–H groups in total. The molecule has 0 aliphatic carbocycles. The minimum Gasteiger partial charge on any atom is -0.494 e. The monoisotopic (exact) mass is 855 g/mol. The number of hydrogen-bond acceptors (Lipinski definition) is 12. The van der Waals surface area contributed by atoms with Gasteiger partial charge in [0.05, 0.1) is 25.3 Å². The molecule has 0 aliphatic rings. The average Bonchev–Trinajstić information content (AvgIpc) is 3.07. The third kappa shape index (κ3) is 20.9. The van der Waals surface area contributed by atoms with E-state index in [9.17, 15) is 33.6 Å². The number of nitrogens with two attached hydrogens (primary N) is 1. The molecule has 0 aromatic heterocycles. The molecule has 0 unspecified atom stereocenters. The molecule has 0 bridgehead atoms. The molecule has 0 saturated carbocycles. The van der Waals surface area contributed by atoms with Crippen molar-refractivity contribution in [3.05, 3.63) is 54.1 Å². The van der Waals surface area contributed by atoms with Crippen LogP contribution in [-0.2, 0) is 33.3 Å². The summed E-state index contributed by atoms with van der Waals surface area (Å²) in [5.41, 5.74) is 3.02. The number of alkyl carbamates (subject to hydrolysis) is 1. The van der Waals surface area contributed by atoms with Gasteiger partial charge < -0.3 is 50.7 Å². The topological polar surface area (TPSA) is 255 Å². The van der Waals surface area contributed by atoms with Crippen molar-refractivity contribution in [2.24, 2.45) is 10.7 Å². The van der Waals surface area contributed by atoms with Gasteiger partial charge in [0.2, 0.25) is 17.8 Å². The van der Waals surface area contributed by atoms with E-state index in [4.69, 9.17) is 29.4 Å². The number of anilines is 2. The second kappa shape index (κ2) is 21.7. The lowest BCUT2D eigenvalue weighted by Crippen LogP contribution is -2.49. The number of hydrogen-bond donors (Lipinski definition) is 5. The molecule has 0 saturated heterocycles. The van der Waals surface area contributed by atoms with Crippen LogP contribution in [0.25, 0.3) is 0 Å². The smallest absolute Gasteiger partial charge is 0.437 e. The Morgan fingerprint density at radius 2 is 1.33 bits per heavy atom. The molecule has 0 fully saturated rings. The predicted octanol–water partition coefficient (Wildman–Crippen LogP) is 5.56. The van der Waals surface area contributed by atoms with Crippen molar-refractivity contribution < 1.29 is 57.2 Å². The molecule has 336 valence electrons. The zero-order valence-corrected chi connectivity index (χ0v) is 37.1. The number of amides is 6. The Bertz CT molecular complexity index is 1900. The Morgan fingerprint density at radius 3 is 1.90 bits per heavy atom. The summed E-state index contributed by atoms with van der Waals surface area (Å²) in [6.45, 7) is 20.0. The molecular weight excluding hydrogens is 794 g/mol. The number of nitrogens with zero attached hydrogens (tertiary/aromatic N) is 2. The zero-order chi connectivity index (χ0) is 46.3. The highest BCUT2D eigenvalue weighted by Crippen LogP contribution is 2.21. The summed E-state index contributed by atoms with van der Waals surface area (Å²) in [5, 5.41) is 10.2. The fourth-order valence-corrected chi connectivity index (χ4v) is 4.75. The van der Waals surface area contributed by atoms with Gasteiger partial charge in [-0.2, -0.15) is 0 Å². The van der Waals surface area contributed by atoms with Crippen LogP contribution in [0.1, 0.15) is 106 Å². The normalized spacial score (nSPS) is 12.5. The van der Waals surface area contributed by atoms with Gasteiger partial charge >= 0.3 is 24.2 Å². The van der Waals surface area contributed by atoms with E-state index >= 15 is 0 Å². The maximum atomic E-state index is 13.4. The van der Waals surface area contributed by atoms with Gasteiger partial charge in [-0.25, -0.2) is 19.3 Å². The summed E-state index contributed by atoms with van der Waals surface area (Å²) in [4.78, 5) is 94.6. The van der Waals surface area contributed by atoms with Gasteiger partial charge in [0.15, 0.2) is 0 Å². The van der Waals surface area contributed by atoms with Crippen molar-refractivity contribution in [2.45, 2.75) is 124 Å². The largest absolute Gasteiger partial charge is 0.494 e. The fraction of sp³-hybridized carbons (Fsp3) is 0.524. The molecule has 19 heteroatoms. The maximum absolute atomic E-state index is 13.4. The second-order valence-electron chi connectivity index (χ2n) is 17.6. The minimum atomic E-state index is -1.41. The quantitative estimate of drug-likeness (QED) is 0.0514. The SMILES string of the molecule is CC(C)(C)OC(=O)C[C@H](NC(=O)CNC(=O)c1cccc(N(C(=O)OC(C)(C)C)C(N)=NC(=O)OC(C)(C)C)c1)C(=O)Nc1ccc(OCCCNC(=O)OC(C)(C)C)cc1. The van der Waals surface area contributed by atoms with E-state index in [1.807, 2.05) is 0 Å². The van der Waals surface area contributed by atoms with E-state index in [-0.39, 0.29) is 17.9 Å². The van der Waals surface area contributed by atoms with Crippen molar-refractivity contribution in [3.8, 4) is 5.75 Å². The van der Waals surface area contributed by atoms with Crippen LogP contribution in [0.15, 0.2) is 53.5 Å². The predicted molar refractivity (Wildman–Crippen MR) is 227 cm³/mol. The molecule has 0 spiro atoms. The van der Waals surface area contributed by atoms with Crippen LogP contribution in [0, 0.1) is 0 Å². The number of carbonyl (C=O) groups is 7. The number of rotatable bonds is 14. The van der Waals surface area contributed by atoms with E-state index in [0.717, 1.165) is 4.90 Å². The van der Waals surface area contributed by atoms with E-state index in [1.165, 1.54) is 24.3 Å². The summed E-state index contributed by atoms with van der Waals surface area (Å²) in [6.07, 6.45) is -2.63. The second-order valence-corrected chi connectivity index (χ2v) is 17.6. The molecule has 1 atom stereocenters. The number of nitrogens with one attached hydrogen (secondary N) is 4. The Morgan fingerprint density at radius 1 is 0.738 bits per heavy atom. The van der Waals surface area contributed by atoms with Gasteiger partial charge in [-0.05, 0) is 132 Å². The Balaban J connectivity index is 2.15. The lowest BCUT2D eigenvalue weighted by Gasteiger charge is -2.27. The third-order valence-electron chi connectivity index (χ3n) is 7.00. The summed E-state index contributed by atoms with van der Waals surface area (Å²) >= 11 is 0. The van der Waals surface area contributed by atoms with E-state index in [0.29, 0.717) is 24.4 Å². The van der Waals surface area contributed by atoms with Crippen LogP contribution < -0.4 is 36.6 Å². The van der Waals surface area contributed by atoms with Gasteiger partial charge in [-0.1, -0.05) is 6.07 Å². The van der Waals surface area contributed by atoms with Crippen molar-refractivity contribution in [1.82, 2.24) is 16.0 Å². The average molecular weight is 856 g/mol. The molecule has 0 radical (unpaired) electrons. The van der Waals surface area contributed by atoms with Gasteiger partial charge in [-0.15, -0.1) is 4.99 Å². The standard InChI is InChI=1S/C42H61N7O12/c1-39(2,3)58-32(51)24-30(34(53)46-27-17-19-29(20-18-27)57-22-14-21-44-36(54)59-40(4,5)6)47-31(50)25-45-33(52)26-15-13-16-28(23-26)49(38(56)61-42(10,11)12)35(43)48-37(55)60-41(7,8)9/h13,15-20,23,30H,14,21-22,24-25H2,1-12H3,(H,44,54)(H,45,52)(H,46,53)(H,47,50)(H2,43,48,55)/t30-/m0/s1. The van der Waals surface area contributed by atoms with Crippen LogP contribution in [0.4, 0.5) is 25.8 Å². The molecule has 2 rings (SSSR count). The van der Waals surface area contributed by atoms with Crippen LogP contribution in [-0.4, -0.2) is 96.1 Å². The summed E-state index contributed by atoms with van der Waals surface area (Å²) in [7, 11) is 0. The van der Waals surface area contributed by atoms with Crippen molar-refractivity contribution in [3.63, 3.8) is 0 Å². The van der Waals surface area contributed by atoms with Gasteiger partial charge in [0.25, 0.3) is 5.91 Å². The van der Waals surface area contributed by atoms with Crippen molar-refractivity contribution in [2.75, 3.05) is 29.9 Å². The van der Waals surface area contributed by atoms with Gasteiger partial charge in [0, 0.05) is 17.8 Å².